The summed E-state index contributed by atoms with van der Waals surface area (Å²) in [5, 5.41) is 0. The average molecular weight is 407 g/mol. The van der Waals surface area contributed by atoms with E-state index in [0.29, 0.717) is 11.3 Å². The van der Waals surface area contributed by atoms with E-state index in [1.807, 2.05) is 0 Å². The summed E-state index contributed by atoms with van der Waals surface area (Å²) in [6.45, 7) is 16.8. The van der Waals surface area contributed by atoms with Crippen molar-refractivity contribution in [2.45, 2.75) is 92.4 Å². The first kappa shape index (κ1) is 22.2. The van der Waals surface area contributed by atoms with Gasteiger partial charge in [-0.3, -0.25) is 0 Å². The lowest BCUT2D eigenvalue weighted by Crippen LogP contribution is -2.35. The standard InChI is InChI=1S/C30H46/c1-20-18-23(4)24(5)27(19-20)14-13-26-8-7-17-30(6)28(15-16-29(26)30)22(3)10-9-21(2)25-11-12-25/h9-10,13-14,20-23,25,28-29H,5,7-8,11-12,15-19H2,1-4,6H3/b10-9+,26-13+,27-14+/t20-,21+,22?,23-,28+,29-,30+/m0/s1. The first-order valence-corrected chi connectivity index (χ1v) is 13.1. The Labute approximate surface area is 187 Å². The molecule has 0 amide bonds. The van der Waals surface area contributed by atoms with E-state index in [4.69, 9.17) is 0 Å². The summed E-state index contributed by atoms with van der Waals surface area (Å²) in [7, 11) is 0. The van der Waals surface area contributed by atoms with Gasteiger partial charge in [-0.1, -0.05) is 71.1 Å². The molecule has 4 aliphatic carbocycles. The van der Waals surface area contributed by atoms with Gasteiger partial charge < -0.3 is 0 Å². The molecule has 0 N–H and O–H groups in total. The molecule has 0 bridgehead atoms. The van der Waals surface area contributed by atoms with Crippen LogP contribution in [0.15, 0.2) is 47.6 Å². The molecule has 0 saturated heterocycles. The molecule has 4 aliphatic rings. The number of hydrogen-bond donors (Lipinski definition) is 0. The van der Waals surface area contributed by atoms with E-state index >= 15 is 0 Å². The molecular weight excluding hydrogens is 360 g/mol. The predicted molar refractivity (Wildman–Crippen MR) is 131 cm³/mol. The molecule has 7 atom stereocenters. The molecule has 0 aromatic carbocycles. The molecular formula is C30H46. The van der Waals surface area contributed by atoms with Crippen molar-refractivity contribution < 1.29 is 0 Å². The zero-order valence-electron chi connectivity index (χ0n) is 20.4. The summed E-state index contributed by atoms with van der Waals surface area (Å²) in [4.78, 5) is 0. The molecule has 0 heterocycles. The largest absolute Gasteiger partial charge is 0.0953 e. The molecule has 0 aliphatic heterocycles. The Bertz CT molecular complexity index is 729. The van der Waals surface area contributed by atoms with Gasteiger partial charge in [0.05, 0.1) is 0 Å². The van der Waals surface area contributed by atoms with Crippen LogP contribution in [0.25, 0.3) is 0 Å². The Morgan fingerprint density at radius 3 is 2.47 bits per heavy atom. The smallest absolute Gasteiger partial charge is 0.0143 e. The highest BCUT2D eigenvalue weighted by Crippen LogP contribution is 2.59. The fourth-order valence-corrected chi connectivity index (χ4v) is 7.44. The van der Waals surface area contributed by atoms with E-state index in [0.717, 1.165) is 35.5 Å². The molecule has 0 aromatic rings. The second-order valence-electron chi connectivity index (χ2n) is 11.9. The van der Waals surface area contributed by atoms with Crippen molar-refractivity contribution >= 4 is 0 Å². The second kappa shape index (κ2) is 8.84. The quantitative estimate of drug-likeness (QED) is 0.400. The minimum atomic E-state index is 0.499. The maximum absolute atomic E-state index is 4.44. The molecule has 4 rings (SSSR count). The lowest BCUT2D eigenvalue weighted by Gasteiger charge is -2.44. The van der Waals surface area contributed by atoms with Crippen LogP contribution in [0, 0.1) is 46.8 Å². The minimum Gasteiger partial charge on any atom is -0.0953 e. The van der Waals surface area contributed by atoms with Crippen LogP contribution in [0.5, 0.6) is 0 Å². The Kier molecular flexibility index (Phi) is 6.53. The average Bonchev–Trinajstić information content (AvgIpc) is 3.49. The Hall–Kier alpha value is -1.04. The number of fused-ring (bicyclic) bond motifs is 1. The Morgan fingerprint density at radius 2 is 1.73 bits per heavy atom. The van der Waals surface area contributed by atoms with E-state index in [2.05, 4.69) is 65.5 Å². The number of hydrogen-bond acceptors (Lipinski definition) is 0. The topological polar surface area (TPSA) is 0 Å². The lowest BCUT2D eigenvalue weighted by molar-refractivity contribution is 0.112. The van der Waals surface area contributed by atoms with Crippen molar-refractivity contribution in [2.24, 2.45) is 46.8 Å². The summed E-state index contributed by atoms with van der Waals surface area (Å²) in [6, 6.07) is 0. The van der Waals surface area contributed by atoms with Gasteiger partial charge in [0.25, 0.3) is 0 Å². The van der Waals surface area contributed by atoms with Crippen molar-refractivity contribution in [3.63, 3.8) is 0 Å². The molecule has 4 saturated carbocycles. The minimum absolute atomic E-state index is 0.499. The van der Waals surface area contributed by atoms with Gasteiger partial charge in [-0.25, -0.2) is 0 Å². The van der Waals surface area contributed by atoms with Crippen molar-refractivity contribution in [1.29, 1.82) is 0 Å². The number of allylic oxidation sites excluding steroid dienone is 7. The van der Waals surface area contributed by atoms with E-state index in [9.17, 15) is 0 Å². The summed E-state index contributed by atoms with van der Waals surface area (Å²) in [5.74, 6) is 5.60. The zero-order chi connectivity index (χ0) is 21.5. The summed E-state index contributed by atoms with van der Waals surface area (Å²) >= 11 is 0. The third-order valence-corrected chi connectivity index (χ3v) is 9.59. The molecule has 0 aromatic heterocycles. The molecule has 30 heavy (non-hydrogen) atoms. The van der Waals surface area contributed by atoms with Crippen molar-refractivity contribution in [3.05, 3.63) is 47.6 Å². The van der Waals surface area contributed by atoms with Crippen LogP contribution in [0.2, 0.25) is 0 Å². The third-order valence-electron chi connectivity index (χ3n) is 9.59. The van der Waals surface area contributed by atoms with Crippen LogP contribution < -0.4 is 0 Å². The fourth-order valence-electron chi connectivity index (χ4n) is 7.44. The van der Waals surface area contributed by atoms with Crippen LogP contribution in [0.1, 0.15) is 92.4 Å². The number of rotatable bonds is 5. The van der Waals surface area contributed by atoms with E-state index in [-0.39, 0.29) is 0 Å². The van der Waals surface area contributed by atoms with Crippen LogP contribution in [-0.2, 0) is 0 Å². The third kappa shape index (κ3) is 4.44. The monoisotopic (exact) mass is 406 g/mol. The van der Waals surface area contributed by atoms with Gasteiger partial charge in [-0.2, -0.15) is 0 Å². The van der Waals surface area contributed by atoms with E-state index in [1.165, 1.54) is 68.9 Å². The Balaban J connectivity index is 1.48. The molecule has 0 spiro atoms. The van der Waals surface area contributed by atoms with E-state index < -0.39 is 0 Å². The maximum atomic E-state index is 4.44. The summed E-state index contributed by atoms with van der Waals surface area (Å²) in [6.07, 6.45) is 22.5. The second-order valence-corrected chi connectivity index (χ2v) is 11.9. The van der Waals surface area contributed by atoms with E-state index in [1.54, 1.807) is 5.57 Å². The maximum Gasteiger partial charge on any atom is -0.0143 e. The summed E-state index contributed by atoms with van der Waals surface area (Å²) in [5.41, 5.74) is 5.18. The highest BCUT2D eigenvalue weighted by molar-refractivity contribution is 5.37. The summed E-state index contributed by atoms with van der Waals surface area (Å²) < 4.78 is 0. The SMILES string of the molecule is C=C1/C(=C/C=C2\CCC[C@]3(C)[C@@H](C(C)/C=C/[C@@H](C)C4CC4)CC[C@@H]23)C[C@@H](C)C[C@@H]1C. The van der Waals surface area contributed by atoms with Crippen molar-refractivity contribution in [2.75, 3.05) is 0 Å². The molecule has 0 nitrogen and oxygen atoms in total. The van der Waals surface area contributed by atoms with Crippen molar-refractivity contribution in [1.82, 2.24) is 0 Å². The zero-order valence-corrected chi connectivity index (χ0v) is 20.4. The molecule has 166 valence electrons. The van der Waals surface area contributed by atoms with Crippen LogP contribution in [0.3, 0.4) is 0 Å². The van der Waals surface area contributed by atoms with Crippen LogP contribution in [0.4, 0.5) is 0 Å². The van der Waals surface area contributed by atoms with Crippen LogP contribution in [-0.4, -0.2) is 0 Å². The fraction of sp³-hybridized carbons (Fsp3) is 0.733. The van der Waals surface area contributed by atoms with Gasteiger partial charge in [0, 0.05) is 0 Å². The van der Waals surface area contributed by atoms with Crippen molar-refractivity contribution in [3.8, 4) is 0 Å². The van der Waals surface area contributed by atoms with Gasteiger partial charge in [0.2, 0.25) is 0 Å². The molecule has 1 unspecified atom stereocenters. The first-order chi connectivity index (χ1) is 14.3. The van der Waals surface area contributed by atoms with Crippen LogP contribution >= 0.6 is 0 Å². The van der Waals surface area contributed by atoms with Gasteiger partial charge in [-0.15, -0.1) is 0 Å². The highest BCUT2D eigenvalue weighted by Gasteiger charge is 2.50. The molecule has 0 radical (unpaired) electrons. The first-order valence-electron chi connectivity index (χ1n) is 13.1. The normalized spacial score (nSPS) is 42.1. The molecule has 4 fully saturated rings. The Morgan fingerprint density at radius 1 is 1.00 bits per heavy atom. The van der Waals surface area contributed by atoms with Gasteiger partial charge in [-0.05, 0) is 116 Å². The molecule has 0 heteroatoms. The highest BCUT2D eigenvalue weighted by atomic mass is 14.5. The van der Waals surface area contributed by atoms with Gasteiger partial charge in [0.15, 0.2) is 0 Å². The lowest BCUT2D eigenvalue weighted by atomic mass is 9.61. The predicted octanol–water partition coefficient (Wildman–Crippen LogP) is 8.92. The van der Waals surface area contributed by atoms with Gasteiger partial charge in [0.1, 0.15) is 0 Å². The van der Waals surface area contributed by atoms with Gasteiger partial charge >= 0.3 is 0 Å².